The van der Waals surface area contributed by atoms with Gasteiger partial charge in [0, 0.05) is 24.2 Å². The quantitative estimate of drug-likeness (QED) is 0.809. The monoisotopic (exact) mass is 296 g/mol. The zero-order chi connectivity index (χ0) is 15.5. The van der Waals surface area contributed by atoms with Crippen molar-refractivity contribution >= 4 is 11.6 Å². The van der Waals surface area contributed by atoms with Gasteiger partial charge in [0.15, 0.2) is 5.69 Å². The van der Waals surface area contributed by atoms with Gasteiger partial charge in [0.05, 0.1) is 0 Å². The molecule has 0 spiro atoms. The fraction of sp³-hybridized carbons (Fsp3) is 0.333. The van der Waals surface area contributed by atoms with E-state index in [0.29, 0.717) is 18.2 Å². The van der Waals surface area contributed by atoms with Gasteiger partial charge in [0.2, 0.25) is 0 Å². The summed E-state index contributed by atoms with van der Waals surface area (Å²) >= 11 is 0. The summed E-state index contributed by atoms with van der Waals surface area (Å²) in [5.74, 6) is 1.31. The van der Waals surface area contributed by atoms with Crippen molar-refractivity contribution in [3.63, 3.8) is 0 Å². The molecule has 1 aliphatic carbocycles. The molecule has 1 aliphatic rings. The Morgan fingerprint density at radius 1 is 1.45 bits per heavy atom. The Balaban J connectivity index is 1.95. The number of amides is 1. The minimum Gasteiger partial charge on any atom is -0.360 e. The third kappa shape index (κ3) is 2.69. The SMILES string of the molecule is C=CCN(C(=O)c1noc2c1CC(C)CC2)c1ccccc1. The average Bonchev–Trinajstić information content (AvgIpc) is 2.96. The van der Waals surface area contributed by atoms with Crippen LogP contribution in [-0.2, 0) is 12.8 Å². The van der Waals surface area contributed by atoms with Crippen molar-refractivity contribution in [1.82, 2.24) is 5.16 Å². The summed E-state index contributed by atoms with van der Waals surface area (Å²) in [5.41, 5.74) is 2.27. The van der Waals surface area contributed by atoms with Crippen LogP contribution < -0.4 is 4.90 Å². The highest BCUT2D eigenvalue weighted by Gasteiger charge is 2.29. The molecular formula is C18H20N2O2. The number of nitrogens with zero attached hydrogens (tertiary/aromatic N) is 2. The lowest BCUT2D eigenvalue weighted by Gasteiger charge is -2.22. The molecule has 4 heteroatoms. The molecule has 1 aromatic carbocycles. The molecular weight excluding hydrogens is 276 g/mol. The van der Waals surface area contributed by atoms with Crippen LogP contribution in [0.2, 0.25) is 0 Å². The van der Waals surface area contributed by atoms with Crippen LogP contribution in [0.3, 0.4) is 0 Å². The Morgan fingerprint density at radius 2 is 2.23 bits per heavy atom. The first-order valence-corrected chi connectivity index (χ1v) is 7.66. The van der Waals surface area contributed by atoms with Crippen molar-refractivity contribution < 1.29 is 9.32 Å². The maximum atomic E-state index is 12.9. The minimum atomic E-state index is -0.120. The fourth-order valence-electron chi connectivity index (χ4n) is 2.92. The van der Waals surface area contributed by atoms with Crippen LogP contribution in [0.15, 0.2) is 47.5 Å². The molecule has 1 heterocycles. The van der Waals surface area contributed by atoms with E-state index in [1.807, 2.05) is 30.3 Å². The van der Waals surface area contributed by atoms with E-state index in [1.54, 1.807) is 11.0 Å². The molecule has 2 aromatic rings. The third-order valence-corrected chi connectivity index (χ3v) is 4.11. The first kappa shape index (κ1) is 14.6. The molecule has 0 aliphatic heterocycles. The first-order chi connectivity index (χ1) is 10.7. The van der Waals surface area contributed by atoms with Gasteiger partial charge >= 0.3 is 0 Å². The Morgan fingerprint density at radius 3 is 2.95 bits per heavy atom. The lowest BCUT2D eigenvalue weighted by Crippen LogP contribution is -2.32. The van der Waals surface area contributed by atoms with E-state index < -0.39 is 0 Å². The Hall–Kier alpha value is -2.36. The molecule has 1 amide bonds. The summed E-state index contributed by atoms with van der Waals surface area (Å²) < 4.78 is 5.40. The molecule has 3 rings (SSSR count). The number of anilines is 1. The molecule has 0 saturated carbocycles. The zero-order valence-corrected chi connectivity index (χ0v) is 12.8. The number of fused-ring (bicyclic) bond motifs is 1. The largest absolute Gasteiger partial charge is 0.360 e. The maximum absolute atomic E-state index is 12.9. The number of aromatic nitrogens is 1. The second-order valence-electron chi connectivity index (χ2n) is 5.82. The average molecular weight is 296 g/mol. The van der Waals surface area contributed by atoms with E-state index in [2.05, 4.69) is 18.7 Å². The van der Waals surface area contributed by atoms with Gasteiger partial charge in [0.1, 0.15) is 5.76 Å². The first-order valence-electron chi connectivity index (χ1n) is 7.66. The minimum absolute atomic E-state index is 0.120. The molecule has 1 aromatic heterocycles. The number of aryl methyl sites for hydroxylation is 1. The van der Waals surface area contributed by atoms with E-state index in [0.717, 1.165) is 36.3 Å². The number of rotatable bonds is 4. The third-order valence-electron chi connectivity index (χ3n) is 4.11. The van der Waals surface area contributed by atoms with E-state index >= 15 is 0 Å². The van der Waals surface area contributed by atoms with Gasteiger partial charge < -0.3 is 9.42 Å². The standard InChI is InChI=1S/C18H20N2O2/c1-3-11-20(14-7-5-4-6-8-14)18(21)17-15-12-13(2)9-10-16(15)22-19-17/h3-8,13H,1,9-12H2,2H3. The van der Waals surface area contributed by atoms with Crippen molar-refractivity contribution in [1.29, 1.82) is 0 Å². The summed E-state index contributed by atoms with van der Waals surface area (Å²) in [6, 6.07) is 9.59. The smallest absolute Gasteiger partial charge is 0.281 e. The zero-order valence-electron chi connectivity index (χ0n) is 12.8. The van der Waals surface area contributed by atoms with Crippen molar-refractivity contribution in [2.45, 2.75) is 26.2 Å². The lowest BCUT2D eigenvalue weighted by molar-refractivity contribution is 0.0980. The molecule has 0 saturated heterocycles. The Bertz CT molecular complexity index is 676. The number of benzene rings is 1. The molecule has 1 unspecified atom stereocenters. The highest BCUT2D eigenvalue weighted by atomic mass is 16.5. The molecule has 22 heavy (non-hydrogen) atoms. The Kier molecular flexibility index (Phi) is 4.09. The van der Waals surface area contributed by atoms with Crippen molar-refractivity contribution in [3.8, 4) is 0 Å². The number of carbonyl (C=O) groups excluding carboxylic acids is 1. The fourth-order valence-corrected chi connectivity index (χ4v) is 2.92. The van der Waals surface area contributed by atoms with Gasteiger partial charge in [-0.1, -0.05) is 36.4 Å². The lowest BCUT2D eigenvalue weighted by atomic mass is 9.88. The van der Waals surface area contributed by atoms with Crippen LogP contribution in [0.4, 0.5) is 5.69 Å². The molecule has 0 radical (unpaired) electrons. The van der Waals surface area contributed by atoms with Crippen LogP contribution in [-0.4, -0.2) is 17.6 Å². The maximum Gasteiger partial charge on any atom is 0.281 e. The predicted octanol–water partition coefficient (Wildman–Crippen LogP) is 3.63. The second-order valence-corrected chi connectivity index (χ2v) is 5.82. The molecule has 0 bridgehead atoms. The summed E-state index contributed by atoms with van der Waals surface area (Å²) in [6.45, 7) is 6.39. The van der Waals surface area contributed by atoms with Crippen LogP contribution in [0.5, 0.6) is 0 Å². The topological polar surface area (TPSA) is 46.3 Å². The molecule has 1 atom stereocenters. The molecule has 114 valence electrons. The predicted molar refractivity (Wildman–Crippen MR) is 86.0 cm³/mol. The number of para-hydroxylation sites is 1. The summed E-state index contributed by atoms with van der Waals surface area (Å²) in [7, 11) is 0. The van der Waals surface area contributed by atoms with Gasteiger partial charge in [-0.15, -0.1) is 6.58 Å². The van der Waals surface area contributed by atoms with Crippen molar-refractivity contribution in [2.75, 3.05) is 11.4 Å². The molecule has 4 nitrogen and oxygen atoms in total. The number of hydrogen-bond donors (Lipinski definition) is 0. The van der Waals surface area contributed by atoms with E-state index in [-0.39, 0.29) is 5.91 Å². The molecule has 0 fully saturated rings. The summed E-state index contributed by atoms with van der Waals surface area (Å²) in [5, 5.41) is 4.06. The van der Waals surface area contributed by atoms with Gasteiger partial charge in [-0.05, 0) is 30.9 Å². The van der Waals surface area contributed by atoms with Crippen molar-refractivity contribution in [2.24, 2.45) is 5.92 Å². The van der Waals surface area contributed by atoms with Gasteiger partial charge in [-0.25, -0.2) is 0 Å². The number of hydrogen-bond acceptors (Lipinski definition) is 3. The number of carbonyl (C=O) groups is 1. The van der Waals surface area contributed by atoms with Crippen LogP contribution in [0.1, 0.15) is 35.2 Å². The highest BCUT2D eigenvalue weighted by molar-refractivity contribution is 6.06. The van der Waals surface area contributed by atoms with E-state index in [1.165, 1.54) is 0 Å². The van der Waals surface area contributed by atoms with E-state index in [4.69, 9.17) is 4.52 Å². The van der Waals surface area contributed by atoms with Crippen LogP contribution in [0.25, 0.3) is 0 Å². The van der Waals surface area contributed by atoms with Gasteiger partial charge in [0.25, 0.3) is 5.91 Å². The van der Waals surface area contributed by atoms with Crippen molar-refractivity contribution in [3.05, 3.63) is 60.0 Å². The van der Waals surface area contributed by atoms with Gasteiger partial charge in [-0.2, -0.15) is 0 Å². The Labute approximate surface area is 130 Å². The van der Waals surface area contributed by atoms with E-state index in [9.17, 15) is 4.79 Å². The van der Waals surface area contributed by atoms with Crippen LogP contribution in [0, 0.1) is 5.92 Å². The highest BCUT2D eigenvalue weighted by Crippen LogP contribution is 2.29. The second kappa shape index (κ2) is 6.18. The summed E-state index contributed by atoms with van der Waals surface area (Å²) in [4.78, 5) is 14.6. The summed E-state index contributed by atoms with van der Waals surface area (Å²) in [6.07, 6.45) is 4.53. The molecule has 0 N–H and O–H groups in total. The van der Waals surface area contributed by atoms with Gasteiger partial charge in [-0.3, -0.25) is 4.79 Å². The normalized spacial score (nSPS) is 16.9. The van der Waals surface area contributed by atoms with Crippen LogP contribution >= 0.6 is 0 Å².